The molecule has 1 amide bonds. The van der Waals surface area contributed by atoms with Gasteiger partial charge in [-0.05, 0) is 67.4 Å². The zero-order valence-corrected chi connectivity index (χ0v) is 18.2. The Morgan fingerprint density at radius 1 is 1.19 bits per heavy atom. The highest BCUT2D eigenvalue weighted by Crippen LogP contribution is 2.28. The molecule has 1 aromatic heterocycles. The van der Waals surface area contributed by atoms with Crippen molar-refractivity contribution in [2.24, 2.45) is 0 Å². The molecule has 0 radical (unpaired) electrons. The van der Waals surface area contributed by atoms with Gasteiger partial charge in [0.1, 0.15) is 23.1 Å². The minimum absolute atomic E-state index is 0.126. The van der Waals surface area contributed by atoms with Gasteiger partial charge in [0.2, 0.25) is 11.8 Å². The van der Waals surface area contributed by atoms with Gasteiger partial charge >= 0.3 is 0 Å². The molecule has 0 aliphatic carbocycles. The molecule has 0 unspecified atom stereocenters. The van der Waals surface area contributed by atoms with E-state index in [4.69, 9.17) is 37.9 Å². The van der Waals surface area contributed by atoms with Crippen molar-refractivity contribution < 1.29 is 14.3 Å². The summed E-state index contributed by atoms with van der Waals surface area (Å²) >= 11 is 11.9. The lowest BCUT2D eigenvalue weighted by atomic mass is 10.2. The third-order valence-corrected chi connectivity index (χ3v) is 4.81. The molecule has 1 heterocycles. The molecule has 0 spiro atoms. The fourth-order valence-corrected chi connectivity index (χ4v) is 3.19. The first-order valence-electron chi connectivity index (χ1n) is 9.47. The van der Waals surface area contributed by atoms with Crippen molar-refractivity contribution in [3.8, 4) is 23.4 Å². The average Bonchev–Trinajstić information content (AvgIpc) is 2.75. The number of halogens is 2. The van der Waals surface area contributed by atoms with Gasteiger partial charge in [0.05, 0.1) is 11.6 Å². The first-order chi connectivity index (χ1) is 15.0. The summed E-state index contributed by atoms with van der Waals surface area (Å²) in [6.07, 6.45) is 2.38. The molecule has 3 aromatic rings. The van der Waals surface area contributed by atoms with Gasteiger partial charge in [-0.1, -0.05) is 23.2 Å². The minimum Gasteiger partial charge on any atom is -0.492 e. The molecule has 0 saturated carbocycles. The molecule has 31 heavy (non-hydrogen) atoms. The van der Waals surface area contributed by atoms with Crippen molar-refractivity contribution in [2.45, 2.75) is 19.8 Å². The van der Waals surface area contributed by atoms with Crippen LogP contribution in [0.25, 0.3) is 0 Å². The van der Waals surface area contributed by atoms with Crippen molar-refractivity contribution >= 4 is 34.8 Å². The van der Waals surface area contributed by atoms with Gasteiger partial charge in [0.25, 0.3) is 0 Å². The number of nitriles is 1. The predicted octanol–water partition coefficient (Wildman–Crippen LogP) is 6.16. The van der Waals surface area contributed by atoms with Crippen LogP contribution in [-0.2, 0) is 4.79 Å². The van der Waals surface area contributed by atoms with Crippen LogP contribution in [0, 0.1) is 18.3 Å². The number of rotatable bonds is 8. The van der Waals surface area contributed by atoms with Crippen LogP contribution in [0.4, 0.5) is 5.69 Å². The summed E-state index contributed by atoms with van der Waals surface area (Å²) < 4.78 is 11.3. The van der Waals surface area contributed by atoms with Crippen LogP contribution in [0.5, 0.6) is 17.4 Å². The number of hydrogen-bond acceptors (Lipinski definition) is 5. The molecule has 6 nitrogen and oxygen atoms in total. The lowest BCUT2D eigenvalue weighted by Gasteiger charge is -2.12. The zero-order chi connectivity index (χ0) is 22.2. The highest BCUT2D eigenvalue weighted by Gasteiger charge is 2.09. The third-order valence-electron chi connectivity index (χ3n) is 4.28. The Morgan fingerprint density at radius 2 is 2.03 bits per heavy atom. The summed E-state index contributed by atoms with van der Waals surface area (Å²) in [7, 11) is 0. The summed E-state index contributed by atoms with van der Waals surface area (Å²) in [5.74, 6) is 1.17. The molecule has 8 heteroatoms. The van der Waals surface area contributed by atoms with E-state index in [1.54, 1.807) is 54.7 Å². The van der Waals surface area contributed by atoms with Crippen molar-refractivity contribution in [3.63, 3.8) is 0 Å². The summed E-state index contributed by atoms with van der Waals surface area (Å²) in [6.45, 7) is 2.21. The zero-order valence-electron chi connectivity index (χ0n) is 16.7. The van der Waals surface area contributed by atoms with Gasteiger partial charge in [0, 0.05) is 23.3 Å². The van der Waals surface area contributed by atoms with E-state index >= 15 is 0 Å². The van der Waals surface area contributed by atoms with E-state index in [0.29, 0.717) is 52.2 Å². The van der Waals surface area contributed by atoms with Crippen LogP contribution in [0.15, 0.2) is 54.7 Å². The van der Waals surface area contributed by atoms with Gasteiger partial charge in [-0.3, -0.25) is 4.79 Å². The van der Waals surface area contributed by atoms with Crippen molar-refractivity contribution in [1.82, 2.24) is 4.98 Å². The number of anilines is 1. The molecule has 158 valence electrons. The number of nitrogens with zero attached hydrogens (tertiary/aromatic N) is 2. The van der Waals surface area contributed by atoms with Gasteiger partial charge in [-0.2, -0.15) is 5.26 Å². The van der Waals surface area contributed by atoms with Crippen molar-refractivity contribution in [2.75, 3.05) is 11.9 Å². The predicted molar refractivity (Wildman–Crippen MR) is 120 cm³/mol. The second kappa shape index (κ2) is 10.7. The second-order valence-corrected chi connectivity index (χ2v) is 7.47. The quantitative estimate of drug-likeness (QED) is 0.411. The number of nitrogens with one attached hydrogen (secondary N) is 1. The molecule has 0 atom stereocenters. The average molecular weight is 456 g/mol. The van der Waals surface area contributed by atoms with E-state index in [2.05, 4.69) is 10.3 Å². The molecular formula is C23H19Cl2N3O3. The number of carbonyl (C=O) groups is 1. The first kappa shape index (κ1) is 22.4. The van der Waals surface area contributed by atoms with Crippen LogP contribution in [0.2, 0.25) is 10.0 Å². The highest BCUT2D eigenvalue weighted by molar-refractivity contribution is 6.35. The van der Waals surface area contributed by atoms with Crippen LogP contribution in [0.3, 0.4) is 0 Å². The molecule has 0 fully saturated rings. The summed E-state index contributed by atoms with van der Waals surface area (Å²) in [6, 6.07) is 15.6. The maximum Gasteiger partial charge on any atom is 0.237 e. The largest absolute Gasteiger partial charge is 0.492 e. The SMILES string of the molecule is Cc1cc(Oc2ncccc2C#N)ccc1NC(=O)CCCOc1ccc(Cl)cc1Cl. The lowest BCUT2D eigenvalue weighted by Crippen LogP contribution is -2.13. The molecule has 0 saturated heterocycles. The monoisotopic (exact) mass is 455 g/mol. The number of carbonyl (C=O) groups excluding carboxylic acids is 1. The second-order valence-electron chi connectivity index (χ2n) is 6.62. The number of pyridine rings is 1. The van der Waals surface area contributed by atoms with Gasteiger partial charge in [0.15, 0.2) is 0 Å². The maximum absolute atomic E-state index is 12.3. The van der Waals surface area contributed by atoms with E-state index in [1.807, 2.05) is 13.0 Å². The van der Waals surface area contributed by atoms with Crippen LogP contribution >= 0.6 is 23.2 Å². The van der Waals surface area contributed by atoms with Gasteiger partial charge in [-0.25, -0.2) is 4.98 Å². The molecule has 0 aliphatic heterocycles. The van der Waals surface area contributed by atoms with Crippen molar-refractivity contribution in [3.05, 3.63) is 75.9 Å². The van der Waals surface area contributed by atoms with Crippen LogP contribution in [-0.4, -0.2) is 17.5 Å². The van der Waals surface area contributed by atoms with E-state index in [-0.39, 0.29) is 11.8 Å². The minimum atomic E-state index is -0.126. The smallest absolute Gasteiger partial charge is 0.237 e. The Balaban J connectivity index is 1.50. The fraction of sp³-hybridized carbons (Fsp3) is 0.174. The van der Waals surface area contributed by atoms with E-state index in [1.165, 1.54) is 0 Å². The molecular weight excluding hydrogens is 437 g/mol. The Kier molecular flexibility index (Phi) is 7.71. The summed E-state index contributed by atoms with van der Waals surface area (Å²) in [4.78, 5) is 16.3. The van der Waals surface area contributed by atoms with E-state index in [0.717, 1.165) is 5.56 Å². The topological polar surface area (TPSA) is 84.2 Å². The van der Waals surface area contributed by atoms with E-state index in [9.17, 15) is 4.79 Å². The number of ether oxygens (including phenoxy) is 2. The van der Waals surface area contributed by atoms with Crippen LogP contribution < -0.4 is 14.8 Å². The lowest BCUT2D eigenvalue weighted by molar-refractivity contribution is -0.116. The fourth-order valence-electron chi connectivity index (χ4n) is 2.73. The Hall–Kier alpha value is -3.27. The summed E-state index contributed by atoms with van der Waals surface area (Å²) in [5, 5.41) is 13.0. The Morgan fingerprint density at radius 3 is 2.77 bits per heavy atom. The standard InChI is InChI=1S/C23H19Cl2N3O3/c1-15-12-18(31-23-16(14-26)4-2-10-27-23)7-8-20(15)28-22(29)5-3-11-30-21-9-6-17(24)13-19(21)25/h2,4,6-10,12-13H,3,5,11H2,1H3,(H,28,29). The third kappa shape index (κ3) is 6.35. The molecule has 0 aliphatic rings. The molecule has 3 rings (SSSR count). The first-order valence-corrected chi connectivity index (χ1v) is 10.2. The maximum atomic E-state index is 12.3. The normalized spacial score (nSPS) is 10.3. The molecule has 2 aromatic carbocycles. The number of benzene rings is 2. The highest BCUT2D eigenvalue weighted by atomic mass is 35.5. The van der Waals surface area contributed by atoms with Crippen molar-refractivity contribution in [1.29, 1.82) is 5.26 Å². The van der Waals surface area contributed by atoms with E-state index < -0.39 is 0 Å². The van der Waals surface area contributed by atoms with Gasteiger partial charge < -0.3 is 14.8 Å². The number of amides is 1. The van der Waals surface area contributed by atoms with Gasteiger partial charge in [-0.15, -0.1) is 0 Å². The number of aryl methyl sites for hydroxylation is 1. The Labute approximate surface area is 190 Å². The number of hydrogen-bond donors (Lipinski definition) is 1. The molecule has 0 bridgehead atoms. The Bertz CT molecular complexity index is 1130. The molecule has 1 N–H and O–H groups in total. The summed E-state index contributed by atoms with van der Waals surface area (Å²) in [5.41, 5.74) is 1.85. The number of aromatic nitrogens is 1. The van der Waals surface area contributed by atoms with Crippen LogP contribution in [0.1, 0.15) is 24.0 Å².